The van der Waals surface area contributed by atoms with Gasteiger partial charge in [-0.1, -0.05) is 6.42 Å². The SMILES string of the molecule is NNc1cncc(C(=O)NCCN2CCCCC2)n1. The lowest BCUT2D eigenvalue weighted by Gasteiger charge is -2.26. The largest absolute Gasteiger partial charge is 0.349 e. The maximum absolute atomic E-state index is 11.9. The van der Waals surface area contributed by atoms with E-state index < -0.39 is 0 Å². The van der Waals surface area contributed by atoms with E-state index in [9.17, 15) is 4.79 Å². The van der Waals surface area contributed by atoms with Gasteiger partial charge in [0.2, 0.25) is 0 Å². The molecule has 19 heavy (non-hydrogen) atoms. The summed E-state index contributed by atoms with van der Waals surface area (Å²) in [7, 11) is 0. The number of anilines is 1. The first-order chi connectivity index (χ1) is 9.29. The molecule has 0 bridgehead atoms. The molecule has 2 rings (SSSR count). The molecule has 1 fully saturated rings. The Balaban J connectivity index is 1.77. The number of nitrogens with one attached hydrogen (secondary N) is 2. The number of carbonyl (C=O) groups excluding carboxylic acids is 1. The molecule has 0 unspecified atom stereocenters. The molecule has 0 atom stereocenters. The van der Waals surface area contributed by atoms with Crippen molar-refractivity contribution in [3.05, 3.63) is 18.1 Å². The third kappa shape index (κ3) is 4.15. The van der Waals surface area contributed by atoms with Crippen LogP contribution in [0.25, 0.3) is 0 Å². The standard InChI is InChI=1S/C12H20N6O/c13-17-11-9-14-8-10(16-11)12(19)15-4-7-18-5-2-1-3-6-18/h8-9H,1-7,13H2,(H,15,19)(H,16,17). The highest BCUT2D eigenvalue weighted by Crippen LogP contribution is 2.07. The molecule has 2 heterocycles. The molecule has 0 radical (unpaired) electrons. The minimum Gasteiger partial charge on any atom is -0.349 e. The van der Waals surface area contributed by atoms with Crippen LogP contribution in [0, 0.1) is 0 Å². The van der Waals surface area contributed by atoms with Gasteiger partial charge in [0.15, 0.2) is 5.82 Å². The highest BCUT2D eigenvalue weighted by atomic mass is 16.1. The molecule has 1 amide bonds. The van der Waals surface area contributed by atoms with Crippen LogP contribution in [0.4, 0.5) is 5.82 Å². The van der Waals surface area contributed by atoms with Gasteiger partial charge in [-0.2, -0.15) is 0 Å². The van der Waals surface area contributed by atoms with Gasteiger partial charge in [0.05, 0.1) is 12.4 Å². The van der Waals surface area contributed by atoms with E-state index in [4.69, 9.17) is 5.84 Å². The van der Waals surface area contributed by atoms with E-state index in [2.05, 4.69) is 25.6 Å². The normalized spacial score (nSPS) is 16.1. The third-order valence-corrected chi connectivity index (χ3v) is 3.18. The van der Waals surface area contributed by atoms with E-state index in [1.807, 2.05) is 0 Å². The van der Waals surface area contributed by atoms with Crippen LogP contribution in [0.3, 0.4) is 0 Å². The molecule has 7 heteroatoms. The van der Waals surface area contributed by atoms with Crippen LogP contribution in [0.1, 0.15) is 29.8 Å². The van der Waals surface area contributed by atoms with Gasteiger partial charge in [-0.3, -0.25) is 9.78 Å². The highest BCUT2D eigenvalue weighted by Gasteiger charge is 2.11. The van der Waals surface area contributed by atoms with Crippen molar-refractivity contribution in [2.75, 3.05) is 31.6 Å². The fourth-order valence-corrected chi connectivity index (χ4v) is 2.15. The van der Waals surface area contributed by atoms with Crippen molar-refractivity contribution >= 4 is 11.7 Å². The van der Waals surface area contributed by atoms with Crippen molar-refractivity contribution in [2.24, 2.45) is 5.84 Å². The monoisotopic (exact) mass is 264 g/mol. The van der Waals surface area contributed by atoms with Gasteiger partial charge in [0.25, 0.3) is 5.91 Å². The van der Waals surface area contributed by atoms with Crippen molar-refractivity contribution in [3.8, 4) is 0 Å². The summed E-state index contributed by atoms with van der Waals surface area (Å²) in [4.78, 5) is 22.2. The molecule has 7 nitrogen and oxygen atoms in total. The molecule has 0 aliphatic carbocycles. The van der Waals surface area contributed by atoms with E-state index in [0.29, 0.717) is 12.4 Å². The second kappa shape index (κ2) is 7.01. The van der Waals surface area contributed by atoms with Gasteiger partial charge in [0, 0.05) is 13.1 Å². The molecular weight excluding hydrogens is 244 g/mol. The average molecular weight is 264 g/mol. The summed E-state index contributed by atoms with van der Waals surface area (Å²) in [5, 5.41) is 2.85. The number of rotatable bonds is 5. The number of aromatic nitrogens is 2. The fourth-order valence-electron chi connectivity index (χ4n) is 2.15. The molecule has 0 saturated carbocycles. The van der Waals surface area contributed by atoms with Gasteiger partial charge in [-0.15, -0.1) is 0 Å². The van der Waals surface area contributed by atoms with Crippen molar-refractivity contribution < 1.29 is 4.79 Å². The van der Waals surface area contributed by atoms with Crippen LogP contribution >= 0.6 is 0 Å². The predicted octanol–water partition coefficient (Wildman–Crippen LogP) is -0.0221. The van der Waals surface area contributed by atoms with Crippen molar-refractivity contribution in [2.45, 2.75) is 19.3 Å². The number of carbonyl (C=O) groups is 1. The molecule has 0 aromatic carbocycles. The van der Waals surface area contributed by atoms with E-state index in [0.717, 1.165) is 19.6 Å². The second-order valence-electron chi connectivity index (χ2n) is 4.59. The summed E-state index contributed by atoms with van der Waals surface area (Å²) in [5.41, 5.74) is 2.64. The number of nitrogen functional groups attached to an aromatic ring is 1. The average Bonchev–Trinajstić information content (AvgIpc) is 2.48. The van der Waals surface area contributed by atoms with Gasteiger partial charge in [-0.05, 0) is 25.9 Å². The Morgan fingerprint density at radius 1 is 1.32 bits per heavy atom. The lowest BCUT2D eigenvalue weighted by Crippen LogP contribution is -2.37. The molecule has 104 valence electrons. The Hall–Kier alpha value is -1.73. The molecular formula is C12H20N6O. The van der Waals surface area contributed by atoms with Gasteiger partial charge >= 0.3 is 0 Å². The van der Waals surface area contributed by atoms with Crippen LogP contribution in [-0.2, 0) is 0 Å². The van der Waals surface area contributed by atoms with E-state index >= 15 is 0 Å². The Kier molecular flexibility index (Phi) is 5.05. The maximum atomic E-state index is 11.9. The van der Waals surface area contributed by atoms with Crippen molar-refractivity contribution in [1.29, 1.82) is 0 Å². The molecule has 1 aliphatic heterocycles. The quantitative estimate of drug-likeness (QED) is 0.511. The predicted molar refractivity (Wildman–Crippen MR) is 72.5 cm³/mol. The maximum Gasteiger partial charge on any atom is 0.271 e. The number of hydrogen-bond acceptors (Lipinski definition) is 6. The van der Waals surface area contributed by atoms with E-state index in [-0.39, 0.29) is 11.6 Å². The first-order valence-electron chi connectivity index (χ1n) is 6.59. The lowest BCUT2D eigenvalue weighted by molar-refractivity contribution is 0.0941. The highest BCUT2D eigenvalue weighted by molar-refractivity contribution is 5.92. The molecule has 0 spiro atoms. The van der Waals surface area contributed by atoms with Crippen molar-refractivity contribution in [3.63, 3.8) is 0 Å². The fraction of sp³-hybridized carbons (Fsp3) is 0.583. The van der Waals surface area contributed by atoms with Crippen LogP contribution in [0.15, 0.2) is 12.4 Å². The summed E-state index contributed by atoms with van der Waals surface area (Å²) >= 11 is 0. The molecule has 1 aromatic rings. The summed E-state index contributed by atoms with van der Waals surface area (Å²) < 4.78 is 0. The van der Waals surface area contributed by atoms with Crippen LogP contribution in [0.2, 0.25) is 0 Å². The number of likely N-dealkylation sites (tertiary alicyclic amines) is 1. The zero-order valence-corrected chi connectivity index (χ0v) is 10.9. The first kappa shape index (κ1) is 13.7. The molecule has 1 aliphatic rings. The number of hydrogen-bond donors (Lipinski definition) is 3. The van der Waals surface area contributed by atoms with Crippen molar-refractivity contribution in [1.82, 2.24) is 20.2 Å². The van der Waals surface area contributed by atoms with Gasteiger partial charge < -0.3 is 15.6 Å². The van der Waals surface area contributed by atoms with Gasteiger partial charge in [-0.25, -0.2) is 10.8 Å². The smallest absolute Gasteiger partial charge is 0.271 e. The zero-order chi connectivity index (χ0) is 13.5. The number of piperidine rings is 1. The second-order valence-corrected chi connectivity index (χ2v) is 4.59. The van der Waals surface area contributed by atoms with Crippen LogP contribution < -0.4 is 16.6 Å². The van der Waals surface area contributed by atoms with E-state index in [1.165, 1.54) is 31.7 Å². The summed E-state index contributed by atoms with van der Waals surface area (Å²) in [6.07, 6.45) is 6.71. The summed E-state index contributed by atoms with van der Waals surface area (Å²) in [6, 6.07) is 0. The third-order valence-electron chi connectivity index (χ3n) is 3.18. The van der Waals surface area contributed by atoms with Crippen LogP contribution in [-0.4, -0.2) is 47.0 Å². The molecule has 1 saturated heterocycles. The zero-order valence-electron chi connectivity index (χ0n) is 10.9. The number of nitrogens with two attached hydrogens (primary N) is 1. The number of nitrogens with zero attached hydrogens (tertiary/aromatic N) is 3. The van der Waals surface area contributed by atoms with Crippen LogP contribution in [0.5, 0.6) is 0 Å². The van der Waals surface area contributed by atoms with Gasteiger partial charge in [0.1, 0.15) is 5.69 Å². The minimum atomic E-state index is -0.221. The topological polar surface area (TPSA) is 96.2 Å². The van der Waals surface area contributed by atoms with E-state index in [1.54, 1.807) is 0 Å². The Morgan fingerprint density at radius 2 is 2.11 bits per heavy atom. The lowest BCUT2D eigenvalue weighted by atomic mass is 10.1. The molecule has 4 N–H and O–H groups in total. The number of amides is 1. The first-order valence-corrected chi connectivity index (χ1v) is 6.59. The Labute approximate surface area is 112 Å². The molecule has 1 aromatic heterocycles. The summed E-state index contributed by atoms with van der Waals surface area (Å²) in [6.45, 7) is 3.76. The number of hydrazine groups is 1. The Bertz CT molecular complexity index is 418. The Morgan fingerprint density at radius 3 is 2.84 bits per heavy atom. The summed E-state index contributed by atoms with van der Waals surface area (Å²) in [5.74, 6) is 5.38. The minimum absolute atomic E-state index is 0.221.